The van der Waals surface area contributed by atoms with Gasteiger partial charge in [-0.25, -0.2) is 4.39 Å². The molecule has 0 radical (unpaired) electrons. The number of halogens is 1. The summed E-state index contributed by atoms with van der Waals surface area (Å²) in [5.41, 5.74) is 1.38. The lowest BCUT2D eigenvalue weighted by Crippen LogP contribution is -2.28. The number of nitrogens with one attached hydrogen (secondary N) is 1. The molecule has 1 heterocycles. The highest BCUT2D eigenvalue weighted by Crippen LogP contribution is 2.33. The average Bonchev–Trinajstić information content (AvgIpc) is 2.33. The molecule has 16 heavy (non-hydrogen) atoms. The Kier molecular flexibility index (Phi) is 3.44. The predicted molar refractivity (Wildman–Crippen MR) is 62.3 cm³/mol. The van der Waals surface area contributed by atoms with Gasteiger partial charge >= 0.3 is 0 Å². The number of hydrogen-bond acceptors (Lipinski definition) is 2. The fourth-order valence-corrected chi connectivity index (χ4v) is 2.29. The van der Waals surface area contributed by atoms with Crippen molar-refractivity contribution in [2.45, 2.75) is 32.2 Å². The molecule has 1 atom stereocenters. The molecule has 1 aliphatic heterocycles. The van der Waals surface area contributed by atoms with Crippen LogP contribution in [-0.4, -0.2) is 13.7 Å². The van der Waals surface area contributed by atoms with Crippen LogP contribution < -0.4 is 10.1 Å². The van der Waals surface area contributed by atoms with Gasteiger partial charge in [0.15, 0.2) is 0 Å². The zero-order chi connectivity index (χ0) is 11.5. The first-order valence-electron chi connectivity index (χ1n) is 5.80. The summed E-state index contributed by atoms with van der Waals surface area (Å²) in [6.45, 7) is 2.75. The molecule has 1 unspecified atom stereocenters. The molecule has 1 N–H and O–H groups in total. The van der Waals surface area contributed by atoms with E-state index in [2.05, 4.69) is 5.32 Å². The maximum absolute atomic E-state index is 14.1. The number of ether oxygens (including phenoxy) is 1. The Bertz CT molecular complexity index is 372. The average molecular weight is 223 g/mol. The lowest BCUT2D eigenvalue weighted by molar-refractivity contribution is 0.361. The summed E-state index contributed by atoms with van der Waals surface area (Å²) >= 11 is 0. The van der Waals surface area contributed by atoms with Crippen molar-refractivity contribution in [3.8, 4) is 5.75 Å². The van der Waals surface area contributed by atoms with Gasteiger partial charge in [0, 0.05) is 11.6 Å². The van der Waals surface area contributed by atoms with Gasteiger partial charge in [-0.1, -0.05) is 12.5 Å². The number of methoxy groups -OCH3 is 1. The van der Waals surface area contributed by atoms with Gasteiger partial charge < -0.3 is 10.1 Å². The first kappa shape index (κ1) is 11.4. The first-order valence-corrected chi connectivity index (χ1v) is 5.80. The topological polar surface area (TPSA) is 21.3 Å². The zero-order valence-electron chi connectivity index (χ0n) is 9.85. The second-order valence-corrected chi connectivity index (χ2v) is 4.31. The molecule has 2 nitrogen and oxygen atoms in total. The predicted octanol–water partition coefficient (Wildman–Crippen LogP) is 2.96. The Morgan fingerprint density at radius 3 is 2.81 bits per heavy atom. The molecular formula is C13H18FNO. The highest BCUT2D eigenvalue weighted by Gasteiger charge is 2.23. The van der Waals surface area contributed by atoms with Crippen molar-refractivity contribution in [1.82, 2.24) is 5.32 Å². The summed E-state index contributed by atoms with van der Waals surface area (Å²) in [7, 11) is 1.59. The lowest BCUT2D eigenvalue weighted by Gasteiger charge is -2.26. The highest BCUT2D eigenvalue weighted by atomic mass is 19.1. The molecule has 1 aliphatic rings. The van der Waals surface area contributed by atoms with E-state index in [1.165, 1.54) is 6.42 Å². The van der Waals surface area contributed by atoms with Gasteiger partial charge in [0.1, 0.15) is 11.6 Å². The summed E-state index contributed by atoms with van der Waals surface area (Å²) in [5.74, 6) is 0.529. The quantitative estimate of drug-likeness (QED) is 0.832. The van der Waals surface area contributed by atoms with E-state index >= 15 is 0 Å². The standard InChI is InChI=1S/C13H18FNO/c1-9-6-7-11(16-2)12(13(9)14)10-5-3-4-8-15-10/h6-7,10,15H,3-5,8H2,1-2H3. The van der Waals surface area contributed by atoms with E-state index in [9.17, 15) is 4.39 Å². The van der Waals surface area contributed by atoms with Gasteiger partial charge in [0.25, 0.3) is 0 Å². The summed E-state index contributed by atoms with van der Waals surface area (Å²) in [4.78, 5) is 0. The van der Waals surface area contributed by atoms with Crippen LogP contribution in [0.25, 0.3) is 0 Å². The second kappa shape index (κ2) is 4.83. The van der Waals surface area contributed by atoms with Crippen LogP contribution in [0, 0.1) is 12.7 Å². The number of piperidine rings is 1. The molecule has 0 aliphatic carbocycles. The smallest absolute Gasteiger partial charge is 0.134 e. The molecule has 3 heteroatoms. The van der Waals surface area contributed by atoms with Gasteiger partial charge in [-0.05, 0) is 37.9 Å². The largest absolute Gasteiger partial charge is 0.496 e. The van der Waals surface area contributed by atoms with Gasteiger partial charge in [0.05, 0.1) is 7.11 Å². The van der Waals surface area contributed by atoms with Crippen molar-refractivity contribution in [1.29, 1.82) is 0 Å². The number of benzene rings is 1. The van der Waals surface area contributed by atoms with Gasteiger partial charge in [0.2, 0.25) is 0 Å². The van der Waals surface area contributed by atoms with Crippen molar-refractivity contribution in [3.63, 3.8) is 0 Å². The summed E-state index contributed by atoms with van der Waals surface area (Å²) in [6, 6.07) is 3.72. The summed E-state index contributed by atoms with van der Waals surface area (Å²) in [5, 5.41) is 3.36. The Morgan fingerprint density at radius 2 is 2.19 bits per heavy atom. The minimum Gasteiger partial charge on any atom is -0.496 e. The van der Waals surface area contributed by atoms with E-state index < -0.39 is 0 Å². The van der Waals surface area contributed by atoms with Crippen LogP contribution in [0.2, 0.25) is 0 Å². The fourth-order valence-electron chi connectivity index (χ4n) is 2.29. The second-order valence-electron chi connectivity index (χ2n) is 4.31. The molecule has 88 valence electrons. The van der Waals surface area contributed by atoms with E-state index in [4.69, 9.17) is 4.74 Å². The number of aryl methyl sites for hydroxylation is 1. The maximum Gasteiger partial charge on any atom is 0.134 e. The zero-order valence-corrected chi connectivity index (χ0v) is 9.85. The normalized spacial score (nSPS) is 20.8. The minimum absolute atomic E-state index is 0.101. The molecule has 0 amide bonds. The molecular weight excluding hydrogens is 205 g/mol. The SMILES string of the molecule is COc1ccc(C)c(F)c1C1CCCCN1. The van der Waals surface area contributed by atoms with Crippen molar-refractivity contribution >= 4 is 0 Å². The maximum atomic E-state index is 14.1. The highest BCUT2D eigenvalue weighted by molar-refractivity contribution is 5.40. The Morgan fingerprint density at radius 1 is 1.38 bits per heavy atom. The molecule has 0 spiro atoms. The Balaban J connectivity index is 2.39. The molecule has 0 saturated carbocycles. The van der Waals surface area contributed by atoms with E-state index in [-0.39, 0.29) is 11.9 Å². The monoisotopic (exact) mass is 223 g/mol. The minimum atomic E-state index is -0.126. The Labute approximate surface area is 95.8 Å². The van der Waals surface area contributed by atoms with Crippen molar-refractivity contribution in [2.24, 2.45) is 0 Å². The van der Waals surface area contributed by atoms with Crippen molar-refractivity contribution in [2.75, 3.05) is 13.7 Å². The fraction of sp³-hybridized carbons (Fsp3) is 0.538. The third-order valence-electron chi connectivity index (χ3n) is 3.21. The molecule has 2 rings (SSSR count). The first-order chi connectivity index (χ1) is 7.74. The van der Waals surface area contributed by atoms with Gasteiger partial charge in [-0.15, -0.1) is 0 Å². The molecule has 1 aromatic rings. The third-order valence-corrected chi connectivity index (χ3v) is 3.21. The molecule has 0 bridgehead atoms. The molecule has 0 aromatic heterocycles. The van der Waals surface area contributed by atoms with Crippen molar-refractivity contribution < 1.29 is 9.13 Å². The van der Waals surface area contributed by atoms with Crippen LogP contribution in [-0.2, 0) is 0 Å². The van der Waals surface area contributed by atoms with E-state index in [0.29, 0.717) is 16.9 Å². The lowest BCUT2D eigenvalue weighted by atomic mass is 9.95. The van der Waals surface area contributed by atoms with Crippen LogP contribution in [0.3, 0.4) is 0 Å². The summed E-state index contributed by atoms with van der Waals surface area (Å²) < 4.78 is 19.4. The van der Waals surface area contributed by atoms with E-state index in [1.54, 1.807) is 20.1 Å². The van der Waals surface area contributed by atoms with Gasteiger partial charge in [-0.2, -0.15) is 0 Å². The van der Waals surface area contributed by atoms with E-state index in [1.807, 2.05) is 6.07 Å². The number of rotatable bonds is 2. The number of hydrogen-bond donors (Lipinski definition) is 1. The van der Waals surface area contributed by atoms with Crippen LogP contribution in [0.5, 0.6) is 5.75 Å². The van der Waals surface area contributed by atoms with E-state index in [0.717, 1.165) is 19.4 Å². The van der Waals surface area contributed by atoms with Crippen LogP contribution in [0.15, 0.2) is 12.1 Å². The van der Waals surface area contributed by atoms with Gasteiger partial charge in [-0.3, -0.25) is 0 Å². The summed E-state index contributed by atoms with van der Waals surface area (Å²) in [6.07, 6.45) is 3.30. The molecule has 1 fully saturated rings. The van der Waals surface area contributed by atoms with Crippen molar-refractivity contribution in [3.05, 3.63) is 29.1 Å². The molecule has 1 aromatic carbocycles. The van der Waals surface area contributed by atoms with Crippen LogP contribution >= 0.6 is 0 Å². The molecule has 1 saturated heterocycles. The van der Waals surface area contributed by atoms with Crippen LogP contribution in [0.4, 0.5) is 4.39 Å². The Hall–Kier alpha value is -1.09. The third kappa shape index (κ3) is 2.05. The van der Waals surface area contributed by atoms with Crippen LogP contribution in [0.1, 0.15) is 36.4 Å².